The summed E-state index contributed by atoms with van der Waals surface area (Å²) < 4.78 is 16.7. The molecular weight excluding hydrogens is 649 g/mol. The SMILES string of the molecule is CC/C=C\CCCCCCCC(=O)OCC(COC(=O)CCCCCCCCCCCCCC)OC(=O)CCCCCCCCCCCCCCC. The third-order valence-electron chi connectivity index (χ3n) is 10.0. The maximum absolute atomic E-state index is 12.7. The van der Waals surface area contributed by atoms with E-state index in [1.54, 1.807) is 0 Å². The molecule has 306 valence electrons. The van der Waals surface area contributed by atoms with Gasteiger partial charge in [-0.25, -0.2) is 0 Å². The van der Waals surface area contributed by atoms with Crippen LogP contribution < -0.4 is 0 Å². The Morgan fingerprint density at radius 3 is 1.04 bits per heavy atom. The van der Waals surface area contributed by atoms with Crippen LogP contribution in [0.5, 0.6) is 0 Å². The summed E-state index contributed by atoms with van der Waals surface area (Å²) in [5.74, 6) is -0.873. The van der Waals surface area contributed by atoms with Gasteiger partial charge in [0.25, 0.3) is 0 Å². The molecule has 0 radical (unpaired) electrons. The van der Waals surface area contributed by atoms with Crippen LogP contribution >= 0.6 is 0 Å². The maximum Gasteiger partial charge on any atom is 0.306 e. The number of rotatable bonds is 41. The smallest absolute Gasteiger partial charge is 0.306 e. The highest BCUT2D eigenvalue weighted by Crippen LogP contribution is 2.15. The van der Waals surface area contributed by atoms with Gasteiger partial charge in [0.15, 0.2) is 6.10 Å². The molecule has 0 saturated carbocycles. The van der Waals surface area contributed by atoms with E-state index >= 15 is 0 Å². The van der Waals surface area contributed by atoms with E-state index in [2.05, 4.69) is 32.9 Å². The number of ether oxygens (including phenoxy) is 3. The van der Waals surface area contributed by atoms with Crippen molar-refractivity contribution >= 4 is 17.9 Å². The molecule has 6 heteroatoms. The average molecular weight is 735 g/mol. The molecule has 0 rings (SSSR count). The molecule has 0 fully saturated rings. The monoisotopic (exact) mass is 735 g/mol. The summed E-state index contributed by atoms with van der Waals surface area (Å²) in [4.78, 5) is 37.6. The second-order valence-corrected chi connectivity index (χ2v) is 15.3. The number of allylic oxidation sites excluding steroid dienone is 2. The van der Waals surface area contributed by atoms with E-state index in [4.69, 9.17) is 14.2 Å². The lowest BCUT2D eigenvalue weighted by Gasteiger charge is -2.18. The van der Waals surface area contributed by atoms with Crippen LogP contribution in [-0.2, 0) is 28.6 Å². The third kappa shape index (κ3) is 39.4. The highest BCUT2D eigenvalue weighted by atomic mass is 16.6. The van der Waals surface area contributed by atoms with Crippen molar-refractivity contribution in [1.82, 2.24) is 0 Å². The van der Waals surface area contributed by atoms with Crippen LogP contribution in [0, 0.1) is 0 Å². The third-order valence-corrected chi connectivity index (χ3v) is 10.0. The zero-order chi connectivity index (χ0) is 38.0. The number of hydrogen-bond acceptors (Lipinski definition) is 6. The number of esters is 3. The summed E-state index contributed by atoms with van der Waals surface area (Å²) in [6.45, 7) is 6.53. The Labute approximate surface area is 322 Å². The first-order valence-electron chi connectivity index (χ1n) is 22.7. The van der Waals surface area contributed by atoms with Crippen molar-refractivity contribution in [2.24, 2.45) is 0 Å². The lowest BCUT2D eigenvalue weighted by molar-refractivity contribution is -0.167. The highest BCUT2D eigenvalue weighted by molar-refractivity contribution is 5.71. The average Bonchev–Trinajstić information content (AvgIpc) is 3.14. The summed E-state index contributed by atoms with van der Waals surface area (Å²) in [6, 6.07) is 0. The predicted octanol–water partition coefficient (Wildman–Crippen LogP) is 14.3. The standard InChI is InChI=1S/C46H86O6/c1-4-7-10-13-16-19-21-23-25-28-31-34-37-40-46(49)52-43(41-50-44(47)38-35-32-29-26-18-15-12-9-6-3)42-51-45(48)39-36-33-30-27-24-22-20-17-14-11-8-5-2/h9,12,43H,4-8,10-11,13-42H2,1-3H3/b12-9-. The quantitative estimate of drug-likeness (QED) is 0.0269. The van der Waals surface area contributed by atoms with Crippen LogP contribution in [0.15, 0.2) is 12.2 Å². The minimum absolute atomic E-state index is 0.0683. The topological polar surface area (TPSA) is 78.9 Å². The van der Waals surface area contributed by atoms with Gasteiger partial charge in [-0.1, -0.05) is 200 Å². The number of hydrogen-bond donors (Lipinski definition) is 0. The van der Waals surface area contributed by atoms with Crippen molar-refractivity contribution in [3.8, 4) is 0 Å². The van der Waals surface area contributed by atoms with Crippen LogP contribution in [0.2, 0.25) is 0 Å². The first kappa shape index (κ1) is 50.1. The molecule has 0 aromatic rings. The largest absolute Gasteiger partial charge is 0.462 e. The number of carbonyl (C=O) groups is 3. The van der Waals surface area contributed by atoms with E-state index < -0.39 is 6.10 Å². The number of unbranched alkanes of at least 4 members (excludes halogenated alkanes) is 28. The molecule has 6 nitrogen and oxygen atoms in total. The maximum atomic E-state index is 12.7. The summed E-state index contributed by atoms with van der Waals surface area (Å²) in [7, 11) is 0. The van der Waals surface area contributed by atoms with Crippen molar-refractivity contribution < 1.29 is 28.6 Å². The molecule has 0 spiro atoms. The van der Waals surface area contributed by atoms with Crippen LogP contribution in [0.25, 0.3) is 0 Å². The van der Waals surface area contributed by atoms with Crippen molar-refractivity contribution in [3.63, 3.8) is 0 Å². The number of carbonyl (C=O) groups excluding carboxylic acids is 3. The molecule has 0 aromatic carbocycles. The van der Waals surface area contributed by atoms with E-state index in [1.807, 2.05) is 0 Å². The molecular formula is C46H86O6. The second-order valence-electron chi connectivity index (χ2n) is 15.3. The van der Waals surface area contributed by atoms with Gasteiger partial charge in [-0.3, -0.25) is 14.4 Å². The van der Waals surface area contributed by atoms with Gasteiger partial charge in [0.2, 0.25) is 0 Å². The molecule has 0 heterocycles. The Kier molecular flexibility index (Phi) is 40.4. The molecule has 1 unspecified atom stereocenters. The molecule has 0 N–H and O–H groups in total. The van der Waals surface area contributed by atoms with E-state index in [0.29, 0.717) is 19.3 Å². The lowest BCUT2D eigenvalue weighted by Crippen LogP contribution is -2.30. The van der Waals surface area contributed by atoms with Crippen molar-refractivity contribution in [1.29, 1.82) is 0 Å². The lowest BCUT2D eigenvalue weighted by atomic mass is 10.0. The summed E-state index contributed by atoms with van der Waals surface area (Å²) in [6.07, 6.45) is 43.4. The van der Waals surface area contributed by atoms with Crippen LogP contribution in [0.4, 0.5) is 0 Å². The molecule has 52 heavy (non-hydrogen) atoms. The van der Waals surface area contributed by atoms with Gasteiger partial charge in [-0.2, -0.15) is 0 Å². The fraction of sp³-hybridized carbons (Fsp3) is 0.891. The molecule has 0 aliphatic carbocycles. The van der Waals surface area contributed by atoms with Gasteiger partial charge in [-0.15, -0.1) is 0 Å². The summed E-state index contributed by atoms with van der Waals surface area (Å²) in [5, 5.41) is 0. The van der Waals surface area contributed by atoms with E-state index in [9.17, 15) is 14.4 Å². The van der Waals surface area contributed by atoms with Gasteiger partial charge < -0.3 is 14.2 Å². The van der Waals surface area contributed by atoms with Gasteiger partial charge in [-0.05, 0) is 38.5 Å². The first-order chi connectivity index (χ1) is 25.5. The van der Waals surface area contributed by atoms with Gasteiger partial charge in [0, 0.05) is 19.3 Å². The minimum atomic E-state index is -0.763. The van der Waals surface area contributed by atoms with Crippen LogP contribution in [0.3, 0.4) is 0 Å². The van der Waals surface area contributed by atoms with Crippen molar-refractivity contribution in [3.05, 3.63) is 12.2 Å². The minimum Gasteiger partial charge on any atom is -0.462 e. The highest BCUT2D eigenvalue weighted by Gasteiger charge is 2.19. The van der Waals surface area contributed by atoms with Gasteiger partial charge >= 0.3 is 17.9 Å². The summed E-state index contributed by atoms with van der Waals surface area (Å²) >= 11 is 0. The molecule has 0 amide bonds. The fourth-order valence-corrected chi connectivity index (χ4v) is 6.62. The first-order valence-corrected chi connectivity index (χ1v) is 22.7. The van der Waals surface area contributed by atoms with Crippen molar-refractivity contribution in [2.75, 3.05) is 13.2 Å². The molecule has 0 aliphatic rings. The Balaban J connectivity index is 4.32. The zero-order valence-corrected chi connectivity index (χ0v) is 34.8. The fourth-order valence-electron chi connectivity index (χ4n) is 6.62. The van der Waals surface area contributed by atoms with E-state index in [0.717, 1.165) is 70.6 Å². The predicted molar refractivity (Wildman–Crippen MR) is 220 cm³/mol. The van der Waals surface area contributed by atoms with E-state index in [-0.39, 0.29) is 31.1 Å². The molecule has 1 atom stereocenters. The van der Waals surface area contributed by atoms with Crippen LogP contribution in [-0.4, -0.2) is 37.2 Å². The second kappa shape index (κ2) is 41.9. The molecule has 0 aliphatic heterocycles. The van der Waals surface area contributed by atoms with Gasteiger partial charge in [0.05, 0.1) is 0 Å². The van der Waals surface area contributed by atoms with Crippen molar-refractivity contribution in [2.45, 2.75) is 252 Å². The van der Waals surface area contributed by atoms with Crippen LogP contribution in [0.1, 0.15) is 245 Å². The Morgan fingerprint density at radius 2 is 0.692 bits per heavy atom. The molecule has 0 aromatic heterocycles. The Hall–Kier alpha value is -1.85. The molecule has 0 saturated heterocycles. The Morgan fingerprint density at radius 1 is 0.385 bits per heavy atom. The normalized spacial score (nSPS) is 12.0. The Bertz CT molecular complexity index is 809. The van der Waals surface area contributed by atoms with E-state index in [1.165, 1.54) is 135 Å². The van der Waals surface area contributed by atoms with Gasteiger partial charge in [0.1, 0.15) is 13.2 Å². The zero-order valence-electron chi connectivity index (χ0n) is 34.8. The molecule has 0 bridgehead atoms. The summed E-state index contributed by atoms with van der Waals surface area (Å²) in [5.41, 5.74) is 0.